The van der Waals surface area contributed by atoms with Gasteiger partial charge in [-0.3, -0.25) is 0 Å². The van der Waals surface area contributed by atoms with Crippen LogP contribution in [0.3, 0.4) is 0 Å². The van der Waals surface area contributed by atoms with Crippen LogP contribution in [0, 0.1) is 10.8 Å². The van der Waals surface area contributed by atoms with Gasteiger partial charge in [0.05, 0.1) is 0 Å². The van der Waals surface area contributed by atoms with Crippen LogP contribution in [-0.2, 0) is 10.2 Å². The summed E-state index contributed by atoms with van der Waals surface area (Å²) in [7, 11) is 0. The molecule has 0 amide bonds. The lowest BCUT2D eigenvalue weighted by Gasteiger charge is -2.29. The van der Waals surface area contributed by atoms with Crippen LogP contribution < -0.4 is 4.74 Å². The summed E-state index contributed by atoms with van der Waals surface area (Å²) < 4.78 is 11.2. The van der Waals surface area contributed by atoms with Gasteiger partial charge in [0, 0.05) is 12.0 Å². The minimum atomic E-state index is -0.197. The third kappa shape index (κ3) is 3.65. The van der Waals surface area contributed by atoms with Crippen LogP contribution in [0.2, 0.25) is 0 Å². The number of hydrogen-bond acceptors (Lipinski definition) is 2. The van der Waals surface area contributed by atoms with Crippen molar-refractivity contribution in [2.75, 3.05) is 6.61 Å². The van der Waals surface area contributed by atoms with E-state index in [1.165, 1.54) is 18.4 Å². The van der Waals surface area contributed by atoms with Gasteiger partial charge in [0.15, 0.2) is 6.29 Å². The molecule has 0 saturated heterocycles. The predicted molar refractivity (Wildman–Crippen MR) is 92.3 cm³/mol. The fourth-order valence-corrected chi connectivity index (χ4v) is 3.83. The Morgan fingerprint density at radius 2 is 1.68 bits per heavy atom. The fraction of sp³-hybridized carbons (Fsp3) is 0.700. The quantitative estimate of drug-likeness (QED) is 0.641. The van der Waals surface area contributed by atoms with Crippen LogP contribution in [0.15, 0.2) is 24.3 Å². The second kappa shape index (κ2) is 5.88. The molecule has 2 rings (SSSR count). The van der Waals surface area contributed by atoms with Crippen molar-refractivity contribution in [2.24, 2.45) is 10.8 Å². The Labute approximate surface area is 136 Å². The molecule has 1 fully saturated rings. The average Bonchev–Trinajstić information content (AvgIpc) is 2.90. The van der Waals surface area contributed by atoms with Crippen LogP contribution in [0.5, 0.6) is 5.75 Å². The van der Waals surface area contributed by atoms with Crippen molar-refractivity contribution in [1.82, 2.24) is 0 Å². The predicted octanol–water partition coefficient (Wildman–Crippen LogP) is 5.55. The molecule has 1 aromatic rings. The Bertz CT molecular complexity index is 495. The highest BCUT2D eigenvalue weighted by molar-refractivity contribution is 5.40. The van der Waals surface area contributed by atoms with Gasteiger partial charge in [-0.1, -0.05) is 46.8 Å². The molecule has 0 aliphatic heterocycles. The molecule has 1 aliphatic rings. The molecule has 0 bridgehead atoms. The second-order valence-corrected chi connectivity index (χ2v) is 8.55. The maximum atomic E-state index is 5.77. The summed E-state index contributed by atoms with van der Waals surface area (Å²) in [6.07, 6.45) is 2.30. The standard InChI is InChI=1S/C20H32O2/c1-8-21-15(2)22-17-11-9-16(10-12-17)20(13-18(3,4)5)14-19(20,6)7/h9-12,15H,8,13-14H2,1-7H3. The highest BCUT2D eigenvalue weighted by Gasteiger charge is 2.62. The van der Waals surface area contributed by atoms with Crippen LogP contribution in [0.1, 0.15) is 66.9 Å². The SMILES string of the molecule is CCOC(C)Oc1ccc(C2(CC(C)(C)C)CC2(C)C)cc1. The van der Waals surface area contributed by atoms with E-state index in [0.29, 0.717) is 22.9 Å². The third-order valence-electron chi connectivity index (χ3n) is 4.86. The van der Waals surface area contributed by atoms with Gasteiger partial charge < -0.3 is 9.47 Å². The van der Waals surface area contributed by atoms with E-state index in [1.807, 2.05) is 13.8 Å². The molecule has 2 unspecified atom stereocenters. The molecule has 2 heteroatoms. The lowest BCUT2D eigenvalue weighted by atomic mass is 9.75. The molecule has 0 spiro atoms. The van der Waals surface area contributed by atoms with E-state index in [4.69, 9.17) is 9.47 Å². The molecule has 2 nitrogen and oxygen atoms in total. The van der Waals surface area contributed by atoms with Crippen LogP contribution in [-0.4, -0.2) is 12.9 Å². The maximum absolute atomic E-state index is 5.77. The minimum Gasteiger partial charge on any atom is -0.465 e. The van der Waals surface area contributed by atoms with Crippen LogP contribution in [0.25, 0.3) is 0 Å². The summed E-state index contributed by atoms with van der Waals surface area (Å²) >= 11 is 0. The largest absolute Gasteiger partial charge is 0.465 e. The highest BCUT2D eigenvalue weighted by Crippen LogP contribution is 2.68. The van der Waals surface area contributed by atoms with E-state index in [2.05, 4.69) is 58.9 Å². The Morgan fingerprint density at radius 1 is 1.14 bits per heavy atom. The van der Waals surface area contributed by atoms with Gasteiger partial charge in [-0.15, -0.1) is 0 Å². The van der Waals surface area contributed by atoms with Crippen LogP contribution >= 0.6 is 0 Å². The van der Waals surface area contributed by atoms with E-state index in [9.17, 15) is 0 Å². The molecule has 0 aromatic heterocycles. The molecular weight excluding hydrogens is 272 g/mol. The minimum absolute atomic E-state index is 0.197. The van der Waals surface area contributed by atoms with Crippen molar-refractivity contribution >= 4 is 0 Å². The number of ether oxygens (including phenoxy) is 2. The lowest BCUT2D eigenvalue weighted by molar-refractivity contribution is -0.0613. The smallest absolute Gasteiger partial charge is 0.196 e. The molecule has 1 aliphatic carbocycles. The van der Waals surface area contributed by atoms with E-state index in [0.717, 1.165) is 5.75 Å². The fourth-order valence-electron chi connectivity index (χ4n) is 3.83. The van der Waals surface area contributed by atoms with Crippen LogP contribution in [0.4, 0.5) is 0 Å². The number of benzene rings is 1. The summed E-state index contributed by atoms with van der Waals surface area (Å²) in [6, 6.07) is 8.66. The van der Waals surface area contributed by atoms with Gasteiger partial charge in [-0.25, -0.2) is 0 Å². The Morgan fingerprint density at radius 3 is 2.09 bits per heavy atom. The molecule has 1 aromatic carbocycles. The van der Waals surface area contributed by atoms with E-state index >= 15 is 0 Å². The van der Waals surface area contributed by atoms with Crippen molar-refractivity contribution in [2.45, 2.75) is 73.0 Å². The first kappa shape index (κ1) is 17.3. The maximum Gasteiger partial charge on any atom is 0.196 e. The van der Waals surface area contributed by atoms with Gasteiger partial charge >= 0.3 is 0 Å². The summed E-state index contributed by atoms with van der Waals surface area (Å²) in [5, 5.41) is 0. The Balaban J connectivity index is 2.15. The van der Waals surface area contributed by atoms with Crippen molar-refractivity contribution in [3.05, 3.63) is 29.8 Å². The van der Waals surface area contributed by atoms with Gasteiger partial charge in [-0.05, 0) is 55.2 Å². The second-order valence-electron chi connectivity index (χ2n) is 8.55. The van der Waals surface area contributed by atoms with Crippen molar-refractivity contribution in [1.29, 1.82) is 0 Å². The van der Waals surface area contributed by atoms with E-state index in [-0.39, 0.29) is 6.29 Å². The Hall–Kier alpha value is -1.02. The van der Waals surface area contributed by atoms with Crippen molar-refractivity contribution in [3.8, 4) is 5.75 Å². The van der Waals surface area contributed by atoms with Crippen molar-refractivity contribution < 1.29 is 9.47 Å². The Kier molecular flexibility index (Phi) is 4.64. The lowest BCUT2D eigenvalue weighted by Crippen LogP contribution is -2.22. The molecule has 124 valence electrons. The molecule has 0 N–H and O–H groups in total. The van der Waals surface area contributed by atoms with Crippen molar-refractivity contribution in [3.63, 3.8) is 0 Å². The summed E-state index contributed by atoms with van der Waals surface area (Å²) in [6.45, 7) is 16.4. The zero-order chi connectivity index (χ0) is 16.6. The van der Waals surface area contributed by atoms with E-state index in [1.54, 1.807) is 0 Å². The number of rotatable bonds is 6. The first-order chi connectivity index (χ1) is 10.1. The van der Waals surface area contributed by atoms with Gasteiger partial charge in [0.1, 0.15) is 5.75 Å². The summed E-state index contributed by atoms with van der Waals surface area (Å²) in [4.78, 5) is 0. The third-order valence-corrected chi connectivity index (χ3v) is 4.86. The molecule has 0 heterocycles. The molecule has 1 saturated carbocycles. The molecule has 22 heavy (non-hydrogen) atoms. The van der Waals surface area contributed by atoms with Gasteiger partial charge in [0.2, 0.25) is 0 Å². The summed E-state index contributed by atoms with van der Waals surface area (Å²) in [5.74, 6) is 0.883. The van der Waals surface area contributed by atoms with E-state index < -0.39 is 0 Å². The zero-order valence-electron chi connectivity index (χ0n) is 15.3. The topological polar surface area (TPSA) is 18.5 Å². The van der Waals surface area contributed by atoms with Gasteiger partial charge in [0.25, 0.3) is 0 Å². The monoisotopic (exact) mass is 304 g/mol. The normalized spacial score (nSPS) is 24.9. The first-order valence-electron chi connectivity index (χ1n) is 8.48. The van der Waals surface area contributed by atoms with Gasteiger partial charge in [-0.2, -0.15) is 0 Å². The first-order valence-corrected chi connectivity index (χ1v) is 8.48. The number of hydrogen-bond donors (Lipinski definition) is 0. The summed E-state index contributed by atoms with van der Waals surface area (Å²) in [5.41, 5.74) is 2.49. The highest BCUT2D eigenvalue weighted by atomic mass is 16.7. The average molecular weight is 304 g/mol. The molecule has 2 atom stereocenters. The zero-order valence-corrected chi connectivity index (χ0v) is 15.3. The molecular formula is C20H32O2. The molecule has 0 radical (unpaired) electrons.